The van der Waals surface area contributed by atoms with Gasteiger partial charge in [0.05, 0.1) is 11.3 Å². The van der Waals surface area contributed by atoms with E-state index >= 15 is 0 Å². The Bertz CT molecular complexity index is 695. The van der Waals surface area contributed by atoms with E-state index in [9.17, 15) is 13.2 Å². The standard InChI is InChI=1S/C11H10N2O6S/c14-9(15)6-7-18-10-11(13-19-12-10)20(16,17)8-4-2-1-3-5-8/h1-5H,6-7H2,(H,14,15). The molecule has 0 spiro atoms. The molecule has 0 bridgehead atoms. The highest BCUT2D eigenvalue weighted by Gasteiger charge is 2.28. The third-order valence-corrected chi connectivity index (χ3v) is 3.94. The van der Waals surface area contributed by atoms with Gasteiger partial charge >= 0.3 is 5.97 Å². The number of carbonyl (C=O) groups is 1. The molecule has 0 aliphatic carbocycles. The second kappa shape index (κ2) is 5.70. The molecule has 0 aliphatic rings. The van der Waals surface area contributed by atoms with Crippen molar-refractivity contribution in [1.29, 1.82) is 0 Å². The van der Waals surface area contributed by atoms with Crippen molar-refractivity contribution < 1.29 is 27.7 Å². The highest BCUT2D eigenvalue weighted by Crippen LogP contribution is 2.25. The van der Waals surface area contributed by atoms with Crippen LogP contribution in [0.1, 0.15) is 6.42 Å². The van der Waals surface area contributed by atoms with Gasteiger partial charge < -0.3 is 9.84 Å². The fourth-order valence-corrected chi connectivity index (χ4v) is 2.57. The molecule has 0 saturated carbocycles. The first kappa shape index (κ1) is 14.0. The summed E-state index contributed by atoms with van der Waals surface area (Å²) in [6.07, 6.45) is -0.294. The number of hydrogen-bond donors (Lipinski definition) is 1. The molecule has 0 fully saturated rings. The summed E-state index contributed by atoms with van der Waals surface area (Å²) in [4.78, 5) is 10.4. The van der Waals surface area contributed by atoms with Crippen molar-refractivity contribution in [2.45, 2.75) is 16.3 Å². The number of aromatic nitrogens is 2. The number of benzene rings is 1. The van der Waals surface area contributed by atoms with Crippen LogP contribution in [-0.4, -0.2) is 36.4 Å². The maximum atomic E-state index is 12.3. The van der Waals surface area contributed by atoms with E-state index in [1.165, 1.54) is 12.1 Å². The van der Waals surface area contributed by atoms with Gasteiger partial charge in [-0.15, -0.1) is 0 Å². The fraction of sp³-hybridized carbons (Fsp3) is 0.182. The highest BCUT2D eigenvalue weighted by atomic mass is 32.2. The van der Waals surface area contributed by atoms with Crippen LogP contribution in [0.3, 0.4) is 0 Å². The Balaban J connectivity index is 2.25. The van der Waals surface area contributed by atoms with Crippen molar-refractivity contribution >= 4 is 15.8 Å². The lowest BCUT2D eigenvalue weighted by Gasteiger charge is -2.03. The Labute approximate surface area is 113 Å². The lowest BCUT2D eigenvalue weighted by atomic mass is 10.4. The summed E-state index contributed by atoms with van der Waals surface area (Å²) in [6, 6.07) is 7.58. The van der Waals surface area contributed by atoms with Crippen LogP contribution in [0.5, 0.6) is 5.88 Å². The minimum absolute atomic E-state index is 0.0128. The topological polar surface area (TPSA) is 120 Å². The molecule has 0 aliphatic heterocycles. The van der Waals surface area contributed by atoms with E-state index in [4.69, 9.17) is 9.84 Å². The normalized spacial score (nSPS) is 11.2. The summed E-state index contributed by atoms with van der Waals surface area (Å²) in [7, 11) is -3.92. The Hall–Kier alpha value is -2.42. The molecule has 9 heteroatoms. The quantitative estimate of drug-likeness (QED) is 0.829. The monoisotopic (exact) mass is 298 g/mol. The van der Waals surface area contributed by atoms with Gasteiger partial charge in [0.1, 0.15) is 6.61 Å². The molecule has 8 nitrogen and oxygen atoms in total. The van der Waals surface area contributed by atoms with Crippen molar-refractivity contribution in [3.8, 4) is 5.88 Å². The highest BCUT2D eigenvalue weighted by molar-refractivity contribution is 7.91. The predicted octanol–water partition coefficient (Wildman–Crippen LogP) is 0.756. The maximum absolute atomic E-state index is 12.3. The Kier molecular flexibility index (Phi) is 3.99. The third-order valence-electron chi connectivity index (χ3n) is 2.29. The lowest BCUT2D eigenvalue weighted by Crippen LogP contribution is -2.09. The lowest BCUT2D eigenvalue weighted by molar-refractivity contribution is -0.137. The van der Waals surface area contributed by atoms with Gasteiger partial charge in [-0.1, -0.05) is 18.2 Å². The second-order valence-electron chi connectivity index (χ2n) is 3.68. The summed E-state index contributed by atoms with van der Waals surface area (Å²) in [5, 5.41) is 14.7. The number of ether oxygens (including phenoxy) is 1. The molecule has 20 heavy (non-hydrogen) atoms. The van der Waals surface area contributed by atoms with Gasteiger partial charge in [0.25, 0.3) is 10.9 Å². The van der Waals surface area contributed by atoms with Crippen molar-refractivity contribution in [3.63, 3.8) is 0 Å². The number of rotatable bonds is 6. The minimum atomic E-state index is -3.92. The first-order valence-corrected chi connectivity index (χ1v) is 6.97. The van der Waals surface area contributed by atoms with Crippen molar-refractivity contribution in [1.82, 2.24) is 10.3 Å². The molecule has 1 heterocycles. The maximum Gasteiger partial charge on any atom is 0.306 e. The molecule has 2 aromatic rings. The molecule has 2 rings (SSSR count). The molecule has 1 N–H and O–H groups in total. The number of carboxylic acid groups (broad SMARTS) is 1. The van der Waals surface area contributed by atoms with E-state index in [0.717, 1.165) is 0 Å². The molecule has 0 atom stereocenters. The molecule has 1 aromatic heterocycles. The van der Waals surface area contributed by atoms with Gasteiger partial charge in [-0.3, -0.25) is 4.79 Å². The Morgan fingerprint density at radius 3 is 2.60 bits per heavy atom. The summed E-state index contributed by atoms with van der Waals surface area (Å²) in [5.74, 6) is -1.43. The van der Waals surface area contributed by atoms with Gasteiger partial charge in [0.2, 0.25) is 9.84 Å². The van der Waals surface area contributed by atoms with Crippen molar-refractivity contribution in [3.05, 3.63) is 30.3 Å². The zero-order valence-corrected chi connectivity index (χ0v) is 10.9. The third kappa shape index (κ3) is 2.94. The van der Waals surface area contributed by atoms with Crippen molar-refractivity contribution in [2.24, 2.45) is 0 Å². The molecule has 0 saturated heterocycles. The zero-order chi connectivity index (χ0) is 14.6. The molecule has 106 valence electrons. The van der Waals surface area contributed by atoms with E-state index in [1.54, 1.807) is 18.2 Å². The Morgan fingerprint density at radius 2 is 1.95 bits per heavy atom. The number of hydrogen-bond acceptors (Lipinski definition) is 7. The number of aliphatic carboxylic acids is 1. The molecule has 0 unspecified atom stereocenters. The van der Waals surface area contributed by atoms with Crippen LogP contribution >= 0.6 is 0 Å². The van der Waals surface area contributed by atoms with Gasteiger partial charge in [0.15, 0.2) is 0 Å². The van der Waals surface area contributed by atoms with Gasteiger partial charge in [-0.2, -0.15) is 0 Å². The van der Waals surface area contributed by atoms with Crippen LogP contribution in [0.25, 0.3) is 0 Å². The summed E-state index contributed by atoms with van der Waals surface area (Å²) < 4.78 is 33.8. The average molecular weight is 298 g/mol. The van der Waals surface area contributed by atoms with Gasteiger partial charge in [-0.25, -0.2) is 13.0 Å². The summed E-state index contributed by atoms with van der Waals surface area (Å²) in [6.45, 7) is -0.235. The van der Waals surface area contributed by atoms with E-state index in [2.05, 4.69) is 14.9 Å². The first-order chi connectivity index (χ1) is 9.51. The predicted molar refractivity (Wildman–Crippen MR) is 63.9 cm³/mol. The van der Waals surface area contributed by atoms with Crippen molar-refractivity contribution in [2.75, 3.05) is 6.61 Å². The number of nitrogens with zero attached hydrogens (tertiary/aromatic N) is 2. The van der Waals surface area contributed by atoms with Crippen LogP contribution in [-0.2, 0) is 14.6 Å². The minimum Gasteiger partial charge on any atom is -0.481 e. The van der Waals surface area contributed by atoms with Crippen LogP contribution < -0.4 is 4.74 Å². The fourth-order valence-electron chi connectivity index (χ4n) is 1.37. The van der Waals surface area contributed by atoms with Crippen LogP contribution in [0.15, 0.2) is 44.9 Å². The summed E-state index contributed by atoms with van der Waals surface area (Å²) >= 11 is 0. The van der Waals surface area contributed by atoms with Crippen LogP contribution in [0, 0.1) is 0 Å². The van der Waals surface area contributed by atoms with Crippen LogP contribution in [0.4, 0.5) is 0 Å². The first-order valence-electron chi connectivity index (χ1n) is 5.49. The van der Waals surface area contributed by atoms with E-state index in [0.29, 0.717) is 0 Å². The Morgan fingerprint density at radius 1 is 1.25 bits per heavy atom. The largest absolute Gasteiger partial charge is 0.481 e. The molecular formula is C11H10N2O6S. The van der Waals surface area contributed by atoms with E-state index < -0.39 is 20.8 Å². The second-order valence-corrected chi connectivity index (χ2v) is 5.55. The molecule has 0 radical (unpaired) electrons. The van der Waals surface area contributed by atoms with E-state index in [-0.39, 0.29) is 23.8 Å². The number of sulfone groups is 1. The summed E-state index contributed by atoms with van der Waals surface area (Å²) in [5.41, 5.74) is 0. The smallest absolute Gasteiger partial charge is 0.306 e. The molecular weight excluding hydrogens is 288 g/mol. The number of carboxylic acids is 1. The van der Waals surface area contributed by atoms with Gasteiger partial charge in [0, 0.05) is 0 Å². The van der Waals surface area contributed by atoms with Gasteiger partial charge in [-0.05, 0) is 22.4 Å². The zero-order valence-electron chi connectivity index (χ0n) is 10.1. The van der Waals surface area contributed by atoms with Crippen LogP contribution in [0.2, 0.25) is 0 Å². The van der Waals surface area contributed by atoms with E-state index in [1.807, 2.05) is 0 Å². The molecule has 1 aromatic carbocycles. The average Bonchev–Trinajstić information content (AvgIpc) is 2.88. The molecule has 0 amide bonds. The SMILES string of the molecule is O=C(O)CCOc1nonc1S(=O)(=O)c1ccccc1.